The predicted octanol–water partition coefficient (Wildman–Crippen LogP) is 2.66. The summed E-state index contributed by atoms with van der Waals surface area (Å²) in [5.74, 6) is 0. The summed E-state index contributed by atoms with van der Waals surface area (Å²) in [6.07, 6.45) is 1.79. The molecule has 2 N–H and O–H groups in total. The van der Waals surface area contributed by atoms with E-state index in [0.717, 1.165) is 5.56 Å². The molecule has 0 aliphatic carbocycles. The van der Waals surface area contributed by atoms with Crippen LogP contribution in [0.4, 0.5) is 0 Å². The van der Waals surface area contributed by atoms with Crippen LogP contribution in [0.1, 0.15) is 23.6 Å². The standard InChI is InChI=1S/C12H17N/c1-5-12(4,13)11-8-9(2)6-7-10(11)3/h5-8H,1,13H2,2-4H3/t12-/m0/s1. The Kier molecular flexibility index (Phi) is 2.58. The summed E-state index contributed by atoms with van der Waals surface area (Å²) >= 11 is 0. The minimum absolute atomic E-state index is 0.421. The molecule has 0 radical (unpaired) electrons. The van der Waals surface area contributed by atoms with Gasteiger partial charge in [0.25, 0.3) is 0 Å². The van der Waals surface area contributed by atoms with Gasteiger partial charge in [0.1, 0.15) is 0 Å². The monoisotopic (exact) mass is 175 g/mol. The van der Waals surface area contributed by atoms with Gasteiger partial charge in [-0.1, -0.05) is 29.8 Å². The molecular weight excluding hydrogens is 158 g/mol. The van der Waals surface area contributed by atoms with Crippen molar-refractivity contribution in [2.75, 3.05) is 0 Å². The number of benzene rings is 1. The summed E-state index contributed by atoms with van der Waals surface area (Å²) in [6, 6.07) is 6.31. The Labute approximate surface area is 80.3 Å². The van der Waals surface area contributed by atoms with Crippen LogP contribution in [0.5, 0.6) is 0 Å². The highest BCUT2D eigenvalue weighted by molar-refractivity contribution is 5.37. The lowest BCUT2D eigenvalue weighted by Gasteiger charge is -2.23. The molecular formula is C12H17N. The summed E-state index contributed by atoms with van der Waals surface area (Å²) in [6.45, 7) is 9.87. The lowest BCUT2D eigenvalue weighted by molar-refractivity contribution is 0.626. The fourth-order valence-corrected chi connectivity index (χ4v) is 1.43. The Balaban J connectivity index is 3.28. The van der Waals surface area contributed by atoms with Gasteiger partial charge in [0.05, 0.1) is 5.54 Å². The molecule has 13 heavy (non-hydrogen) atoms. The molecule has 70 valence electrons. The van der Waals surface area contributed by atoms with Gasteiger partial charge in [0, 0.05) is 0 Å². The van der Waals surface area contributed by atoms with Crippen LogP contribution in [0.3, 0.4) is 0 Å². The van der Waals surface area contributed by atoms with E-state index in [1.807, 2.05) is 6.92 Å². The topological polar surface area (TPSA) is 26.0 Å². The molecule has 0 aliphatic heterocycles. The van der Waals surface area contributed by atoms with Crippen molar-refractivity contribution < 1.29 is 0 Å². The average molecular weight is 175 g/mol. The van der Waals surface area contributed by atoms with E-state index in [0.29, 0.717) is 0 Å². The third-order valence-corrected chi connectivity index (χ3v) is 2.40. The fraction of sp³-hybridized carbons (Fsp3) is 0.333. The molecule has 0 unspecified atom stereocenters. The van der Waals surface area contributed by atoms with E-state index in [1.54, 1.807) is 6.08 Å². The SMILES string of the molecule is C=C[C@](C)(N)c1cc(C)ccc1C. The van der Waals surface area contributed by atoms with Crippen molar-refractivity contribution in [3.8, 4) is 0 Å². The van der Waals surface area contributed by atoms with Gasteiger partial charge in [0.15, 0.2) is 0 Å². The number of nitrogens with two attached hydrogens (primary N) is 1. The van der Waals surface area contributed by atoms with Gasteiger partial charge in [-0.2, -0.15) is 0 Å². The summed E-state index contributed by atoms with van der Waals surface area (Å²) in [5.41, 5.74) is 9.28. The van der Waals surface area contributed by atoms with E-state index in [-0.39, 0.29) is 0 Å². The molecule has 0 aromatic heterocycles. The molecule has 0 amide bonds. The zero-order chi connectivity index (χ0) is 10.1. The van der Waals surface area contributed by atoms with Crippen molar-refractivity contribution in [3.05, 3.63) is 47.5 Å². The quantitative estimate of drug-likeness (QED) is 0.687. The second-order valence-electron chi connectivity index (χ2n) is 3.81. The normalized spacial score (nSPS) is 15.1. The molecule has 1 aromatic carbocycles. The largest absolute Gasteiger partial charge is 0.318 e. The van der Waals surface area contributed by atoms with Crippen LogP contribution < -0.4 is 5.73 Å². The first-order valence-corrected chi connectivity index (χ1v) is 4.47. The summed E-state index contributed by atoms with van der Waals surface area (Å²) < 4.78 is 0. The van der Waals surface area contributed by atoms with Crippen molar-refractivity contribution in [3.63, 3.8) is 0 Å². The van der Waals surface area contributed by atoms with Gasteiger partial charge in [-0.25, -0.2) is 0 Å². The lowest BCUT2D eigenvalue weighted by Crippen LogP contribution is -2.31. The van der Waals surface area contributed by atoms with Crippen LogP contribution in [0.15, 0.2) is 30.9 Å². The lowest BCUT2D eigenvalue weighted by atomic mass is 9.89. The first-order valence-electron chi connectivity index (χ1n) is 4.47. The molecule has 1 nitrogen and oxygen atoms in total. The van der Waals surface area contributed by atoms with Crippen LogP contribution in [0.25, 0.3) is 0 Å². The molecule has 0 fully saturated rings. The third kappa shape index (κ3) is 1.99. The molecule has 0 spiro atoms. The highest BCUT2D eigenvalue weighted by Crippen LogP contribution is 2.23. The summed E-state index contributed by atoms with van der Waals surface area (Å²) in [7, 11) is 0. The van der Waals surface area contributed by atoms with Gasteiger partial charge in [-0.15, -0.1) is 6.58 Å². The molecule has 1 aromatic rings. The zero-order valence-electron chi connectivity index (χ0n) is 8.59. The average Bonchev–Trinajstić information content (AvgIpc) is 2.09. The van der Waals surface area contributed by atoms with Gasteiger partial charge in [0.2, 0.25) is 0 Å². The molecule has 0 aliphatic rings. The van der Waals surface area contributed by atoms with E-state index in [9.17, 15) is 0 Å². The van der Waals surface area contributed by atoms with Crippen molar-refractivity contribution in [1.82, 2.24) is 0 Å². The molecule has 0 saturated carbocycles. The fourth-order valence-electron chi connectivity index (χ4n) is 1.43. The minimum Gasteiger partial charge on any atom is -0.318 e. The van der Waals surface area contributed by atoms with Gasteiger partial charge in [-0.05, 0) is 31.9 Å². The number of hydrogen-bond acceptors (Lipinski definition) is 1. The van der Waals surface area contributed by atoms with E-state index in [1.165, 1.54) is 11.1 Å². The van der Waals surface area contributed by atoms with E-state index >= 15 is 0 Å². The van der Waals surface area contributed by atoms with Gasteiger partial charge >= 0.3 is 0 Å². The van der Waals surface area contributed by atoms with Gasteiger partial charge in [-0.3, -0.25) is 0 Å². The van der Waals surface area contributed by atoms with E-state index in [2.05, 4.69) is 38.6 Å². The van der Waals surface area contributed by atoms with Crippen molar-refractivity contribution >= 4 is 0 Å². The van der Waals surface area contributed by atoms with Crippen LogP contribution in [-0.4, -0.2) is 0 Å². The Hall–Kier alpha value is -1.08. The first-order chi connectivity index (χ1) is 5.97. The van der Waals surface area contributed by atoms with Crippen LogP contribution in [-0.2, 0) is 5.54 Å². The minimum atomic E-state index is -0.421. The second kappa shape index (κ2) is 3.35. The maximum atomic E-state index is 6.09. The molecule has 0 saturated heterocycles. The molecule has 1 heteroatoms. The second-order valence-corrected chi connectivity index (χ2v) is 3.81. The number of rotatable bonds is 2. The van der Waals surface area contributed by atoms with Crippen LogP contribution >= 0.6 is 0 Å². The van der Waals surface area contributed by atoms with E-state index in [4.69, 9.17) is 5.73 Å². The predicted molar refractivity (Wildman–Crippen MR) is 57.7 cm³/mol. The Morgan fingerprint density at radius 1 is 1.38 bits per heavy atom. The van der Waals surface area contributed by atoms with Crippen LogP contribution in [0, 0.1) is 13.8 Å². The number of aryl methyl sites for hydroxylation is 2. The van der Waals surface area contributed by atoms with Gasteiger partial charge < -0.3 is 5.73 Å². The summed E-state index contributed by atoms with van der Waals surface area (Å²) in [4.78, 5) is 0. The highest BCUT2D eigenvalue weighted by atomic mass is 14.7. The Morgan fingerprint density at radius 3 is 2.54 bits per heavy atom. The zero-order valence-corrected chi connectivity index (χ0v) is 8.59. The molecule has 1 rings (SSSR count). The maximum Gasteiger partial charge on any atom is 0.0566 e. The van der Waals surface area contributed by atoms with Crippen molar-refractivity contribution in [2.24, 2.45) is 5.73 Å². The molecule has 1 atom stereocenters. The maximum absolute atomic E-state index is 6.09. The van der Waals surface area contributed by atoms with E-state index < -0.39 is 5.54 Å². The molecule has 0 bridgehead atoms. The number of hydrogen-bond donors (Lipinski definition) is 1. The smallest absolute Gasteiger partial charge is 0.0566 e. The third-order valence-electron chi connectivity index (χ3n) is 2.40. The van der Waals surface area contributed by atoms with Crippen molar-refractivity contribution in [1.29, 1.82) is 0 Å². The Bertz CT molecular complexity index is 324. The van der Waals surface area contributed by atoms with Crippen molar-refractivity contribution in [2.45, 2.75) is 26.3 Å². The van der Waals surface area contributed by atoms with Crippen LogP contribution in [0.2, 0.25) is 0 Å². The Morgan fingerprint density at radius 2 is 2.00 bits per heavy atom. The summed E-state index contributed by atoms with van der Waals surface area (Å²) in [5, 5.41) is 0. The molecule has 0 heterocycles. The first kappa shape index (κ1) is 10.0. The highest BCUT2D eigenvalue weighted by Gasteiger charge is 2.18.